The minimum Gasteiger partial charge on any atom is -0.497 e. The molecule has 0 bridgehead atoms. The van der Waals surface area contributed by atoms with Gasteiger partial charge in [-0.05, 0) is 23.6 Å². The van der Waals surface area contributed by atoms with Crippen molar-refractivity contribution in [1.82, 2.24) is 5.32 Å². The van der Waals surface area contributed by atoms with E-state index >= 15 is 0 Å². The molecule has 1 N–H and O–H groups in total. The van der Waals surface area contributed by atoms with Gasteiger partial charge in [0, 0.05) is 10.9 Å². The summed E-state index contributed by atoms with van der Waals surface area (Å²) in [7, 11) is 1.61. The van der Waals surface area contributed by atoms with Gasteiger partial charge >= 0.3 is 0 Å². The molecule has 0 fully saturated rings. The summed E-state index contributed by atoms with van der Waals surface area (Å²) >= 11 is 1.59. The lowest BCUT2D eigenvalue weighted by Crippen LogP contribution is -2.29. The van der Waals surface area contributed by atoms with Crippen LogP contribution in [0.25, 0.3) is 0 Å². The Bertz CT molecular complexity index is 540. The number of carbonyl (C=O) groups is 1. The third-order valence-corrected chi connectivity index (χ3v) is 3.53. The van der Waals surface area contributed by atoms with Gasteiger partial charge in [-0.2, -0.15) is 0 Å². The van der Waals surface area contributed by atoms with Crippen molar-refractivity contribution in [3.05, 3.63) is 46.7 Å². The molecule has 0 saturated carbocycles. The topological polar surface area (TPSA) is 47.6 Å². The second kappa shape index (κ2) is 7.55. The van der Waals surface area contributed by atoms with Crippen LogP contribution in [0.3, 0.4) is 0 Å². The number of nitrogens with one attached hydrogen (secondary N) is 1. The molecule has 0 radical (unpaired) electrons. The molecule has 4 nitrogen and oxygen atoms in total. The van der Waals surface area contributed by atoms with E-state index in [1.165, 1.54) is 0 Å². The van der Waals surface area contributed by atoms with Crippen molar-refractivity contribution in [3.8, 4) is 11.5 Å². The van der Waals surface area contributed by atoms with Crippen molar-refractivity contribution < 1.29 is 14.3 Å². The fraction of sp³-hybridized carbons (Fsp3) is 0.267. The Balaban J connectivity index is 1.67. The summed E-state index contributed by atoms with van der Waals surface area (Å²) in [4.78, 5) is 12.7. The minimum absolute atomic E-state index is 0.0155. The maximum Gasteiger partial charge on any atom is 0.225 e. The van der Waals surface area contributed by atoms with E-state index in [1.807, 2.05) is 41.8 Å². The fourth-order valence-corrected chi connectivity index (χ4v) is 2.39. The van der Waals surface area contributed by atoms with Crippen LogP contribution in [-0.4, -0.2) is 26.2 Å². The molecule has 0 atom stereocenters. The summed E-state index contributed by atoms with van der Waals surface area (Å²) in [6.07, 6.45) is 0.427. The van der Waals surface area contributed by atoms with Crippen molar-refractivity contribution in [2.24, 2.45) is 0 Å². The standard InChI is InChI=1S/C15H17NO3S/c1-18-12-4-2-5-13(10-12)19-8-7-16-15(17)11-14-6-3-9-20-14/h2-6,9-10H,7-8,11H2,1H3,(H,16,17). The minimum atomic E-state index is 0.0155. The van der Waals surface area contributed by atoms with Crippen LogP contribution in [0.15, 0.2) is 41.8 Å². The molecule has 20 heavy (non-hydrogen) atoms. The van der Waals surface area contributed by atoms with E-state index in [0.29, 0.717) is 19.6 Å². The first-order chi connectivity index (χ1) is 9.78. The molecule has 0 spiro atoms. The van der Waals surface area contributed by atoms with Gasteiger partial charge in [-0.15, -0.1) is 11.3 Å². The molecule has 0 aliphatic heterocycles. The molecular weight excluding hydrogens is 274 g/mol. The zero-order valence-electron chi connectivity index (χ0n) is 11.3. The number of amides is 1. The predicted molar refractivity (Wildman–Crippen MR) is 79.5 cm³/mol. The van der Waals surface area contributed by atoms with Crippen LogP contribution in [0.1, 0.15) is 4.88 Å². The summed E-state index contributed by atoms with van der Waals surface area (Å²) in [5.41, 5.74) is 0. The van der Waals surface area contributed by atoms with Gasteiger partial charge in [0.2, 0.25) is 5.91 Å². The molecule has 2 rings (SSSR count). The second-order valence-electron chi connectivity index (χ2n) is 4.13. The smallest absolute Gasteiger partial charge is 0.225 e. The lowest BCUT2D eigenvalue weighted by atomic mass is 10.3. The molecule has 0 saturated heterocycles. The van der Waals surface area contributed by atoms with Gasteiger partial charge in [-0.3, -0.25) is 4.79 Å². The van der Waals surface area contributed by atoms with Gasteiger partial charge in [-0.1, -0.05) is 12.1 Å². The predicted octanol–water partition coefficient (Wildman–Crippen LogP) is 2.49. The lowest BCUT2D eigenvalue weighted by molar-refractivity contribution is -0.120. The Kier molecular flexibility index (Phi) is 5.43. The Morgan fingerprint density at radius 2 is 2.10 bits per heavy atom. The van der Waals surface area contributed by atoms with Gasteiger partial charge in [0.05, 0.1) is 20.1 Å². The maximum atomic E-state index is 11.6. The molecule has 5 heteroatoms. The van der Waals surface area contributed by atoms with Gasteiger partial charge in [0.25, 0.3) is 0 Å². The lowest BCUT2D eigenvalue weighted by Gasteiger charge is -2.08. The molecule has 1 aromatic heterocycles. The van der Waals surface area contributed by atoms with Crippen LogP contribution < -0.4 is 14.8 Å². The van der Waals surface area contributed by atoms with Crippen molar-refractivity contribution in [1.29, 1.82) is 0 Å². The summed E-state index contributed by atoms with van der Waals surface area (Å²) in [6, 6.07) is 11.3. The van der Waals surface area contributed by atoms with Crippen LogP contribution in [0, 0.1) is 0 Å². The van der Waals surface area contributed by atoms with Crippen molar-refractivity contribution in [3.63, 3.8) is 0 Å². The molecule has 0 unspecified atom stereocenters. The average Bonchev–Trinajstić information content (AvgIpc) is 2.97. The zero-order valence-corrected chi connectivity index (χ0v) is 12.1. The van der Waals surface area contributed by atoms with E-state index in [1.54, 1.807) is 18.4 Å². The SMILES string of the molecule is COc1cccc(OCCNC(=O)Cc2cccs2)c1. The quantitative estimate of drug-likeness (QED) is 0.797. The number of carbonyl (C=O) groups excluding carboxylic acids is 1. The van der Waals surface area contributed by atoms with Crippen molar-refractivity contribution in [2.75, 3.05) is 20.3 Å². The van der Waals surface area contributed by atoms with E-state index < -0.39 is 0 Å². The highest BCUT2D eigenvalue weighted by Gasteiger charge is 2.03. The van der Waals surface area contributed by atoms with Crippen molar-refractivity contribution in [2.45, 2.75) is 6.42 Å². The number of thiophene rings is 1. The van der Waals surface area contributed by atoms with Crippen LogP contribution >= 0.6 is 11.3 Å². The van der Waals surface area contributed by atoms with Crippen molar-refractivity contribution >= 4 is 17.2 Å². The first kappa shape index (κ1) is 14.4. The third kappa shape index (κ3) is 4.59. The van der Waals surface area contributed by atoms with Gasteiger partial charge < -0.3 is 14.8 Å². The van der Waals surface area contributed by atoms with Gasteiger partial charge in [-0.25, -0.2) is 0 Å². The highest BCUT2D eigenvalue weighted by atomic mass is 32.1. The molecule has 2 aromatic rings. The summed E-state index contributed by atoms with van der Waals surface area (Å²) < 4.78 is 10.7. The van der Waals surface area contributed by atoms with Gasteiger partial charge in [0.15, 0.2) is 0 Å². The fourth-order valence-electron chi connectivity index (χ4n) is 1.68. The molecule has 1 heterocycles. The largest absolute Gasteiger partial charge is 0.497 e. The zero-order chi connectivity index (χ0) is 14.2. The molecule has 1 aromatic carbocycles. The van der Waals surface area contributed by atoms with Gasteiger partial charge in [0.1, 0.15) is 18.1 Å². The molecule has 0 aliphatic rings. The van der Waals surface area contributed by atoms with E-state index in [0.717, 1.165) is 16.4 Å². The van der Waals surface area contributed by atoms with E-state index in [-0.39, 0.29) is 5.91 Å². The van der Waals surface area contributed by atoms with E-state index in [2.05, 4.69) is 5.32 Å². The Morgan fingerprint density at radius 3 is 2.85 bits per heavy atom. The van der Waals surface area contributed by atoms with E-state index in [9.17, 15) is 4.79 Å². The number of methoxy groups -OCH3 is 1. The Morgan fingerprint density at radius 1 is 1.25 bits per heavy atom. The molecular formula is C15H17NO3S. The number of hydrogen-bond acceptors (Lipinski definition) is 4. The number of ether oxygens (including phenoxy) is 2. The summed E-state index contributed by atoms with van der Waals surface area (Å²) in [5, 5.41) is 4.80. The van der Waals surface area contributed by atoms with E-state index in [4.69, 9.17) is 9.47 Å². The Labute approximate surface area is 122 Å². The third-order valence-electron chi connectivity index (χ3n) is 2.65. The Hall–Kier alpha value is -2.01. The molecule has 0 aliphatic carbocycles. The number of hydrogen-bond donors (Lipinski definition) is 1. The first-order valence-corrected chi connectivity index (χ1v) is 7.22. The van der Waals surface area contributed by atoms with Crippen LogP contribution in [0.5, 0.6) is 11.5 Å². The molecule has 106 valence electrons. The highest BCUT2D eigenvalue weighted by molar-refractivity contribution is 7.10. The number of benzene rings is 1. The number of rotatable bonds is 7. The van der Waals surface area contributed by atoms with Crippen LogP contribution in [0.4, 0.5) is 0 Å². The van der Waals surface area contributed by atoms with Crippen LogP contribution in [-0.2, 0) is 11.2 Å². The average molecular weight is 291 g/mol. The van der Waals surface area contributed by atoms with Crippen LogP contribution in [0.2, 0.25) is 0 Å². The normalized spacial score (nSPS) is 10.1. The maximum absolute atomic E-state index is 11.6. The second-order valence-corrected chi connectivity index (χ2v) is 5.17. The highest BCUT2D eigenvalue weighted by Crippen LogP contribution is 2.18. The monoisotopic (exact) mass is 291 g/mol. The molecule has 1 amide bonds. The summed E-state index contributed by atoms with van der Waals surface area (Å²) in [5.74, 6) is 1.50. The summed E-state index contributed by atoms with van der Waals surface area (Å²) in [6.45, 7) is 0.921. The first-order valence-electron chi connectivity index (χ1n) is 6.34.